The average Bonchev–Trinajstić information content (AvgIpc) is 2.03. The SMILES string of the molecule is CC(=O)C(Cl)CCOC(=O)CO. The van der Waals surface area contributed by atoms with Crippen molar-refractivity contribution in [3.8, 4) is 0 Å². The zero-order chi connectivity index (χ0) is 9.56. The van der Waals surface area contributed by atoms with Crippen molar-refractivity contribution < 1.29 is 19.4 Å². The quantitative estimate of drug-likeness (QED) is 0.499. The van der Waals surface area contributed by atoms with Crippen LogP contribution in [0.5, 0.6) is 0 Å². The van der Waals surface area contributed by atoms with Crippen molar-refractivity contribution in [3.63, 3.8) is 0 Å². The molecule has 0 aliphatic heterocycles. The number of alkyl halides is 1. The number of halogens is 1. The Morgan fingerprint density at radius 1 is 1.58 bits per heavy atom. The molecule has 4 nitrogen and oxygen atoms in total. The van der Waals surface area contributed by atoms with E-state index in [9.17, 15) is 9.59 Å². The minimum atomic E-state index is -0.706. The number of aliphatic hydroxyl groups excluding tert-OH is 1. The molecule has 0 saturated carbocycles. The fourth-order valence-electron chi connectivity index (χ4n) is 0.525. The summed E-state index contributed by atoms with van der Waals surface area (Å²) in [5.41, 5.74) is 0. The lowest BCUT2D eigenvalue weighted by atomic mass is 10.2. The normalized spacial score (nSPS) is 12.2. The number of carbonyl (C=O) groups is 2. The lowest BCUT2D eigenvalue weighted by Crippen LogP contribution is -2.16. The summed E-state index contributed by atoms with van der Waals surface area (Å²) in [5.74, 6) is -0.862. The molecule has 0 aliphatic carbocycles. The molecule has 0 aromatic rings. The van der Waals surface area contributed by atoms with Gasteiger partial charge in [0, 0.05) is 6.42 Å². The van der Waals surface area contributed by atoms with Crippen LogP contribution in [0.3, 0.4) is 0 Å². The van der Waals surface area contributed by atoms with Gasteiger partial charge < -0.3 is 9.84 Å². The van der Waals surface area contributed by atoms with Crippen molar-refractivity contribution in [3.05, 3.63) is 0 Å². The summed E-state index contributed by atoms with van der Waals surface area (Å²) in [6.45, 7) is 0.783. The third kappa shape index (κ3) is 5.09. The summed E-state index contributed by atoms with van der Waals surface area (Å²) < 4.78 is 4.49. The van der Waals surface area contributed by atoms with E-state index in [4.69, 9.17) is 16.7 Å². The molecule has 1 unspecified atom stereocenters. The van der Waals surface area contributed by atoms with Gasteiger partial charge in [0.25, 0.3) is 0 Å². The van der Waals surface area contributed by atoms with Crippen LogP contribution < -0.4 is 0 Å². The second kappa shape index (κ2) is 5.97. The molecule has 0 aromatic heterocycles. The largest absolute Gasteiger partial charge is 0.464 e. The van der Waals surface area contributed by atoms with Crippen molar-refractivity contribution in [1.82, 2.24) is 0 Å². The molecular weight excluding hydrogens is 184 g/mol. The maximum absolute atomic E-state index is 10.6. The van der Waals surface area contributed by atoms with Gasteiger partial charge in [0.1, 0.15) is 12.4 Å². The van der Waals surface area contributed by atoms with Crippen LogP contribution in [0, 0.1) is 0 Å². The van der Waals surface area contributed by atoms with Crippen LogP contribution in [0.15, 0.2) is 0 Å². The molecule has 0 aliphatic rings. The molecule has 0 heterocycles. The van der Waals surface area contributed by atoms with Crippen LogP contribution in [0.1, 0.15) is 13.3 Å². The Balaban J connectivity index is 3.43. The van der Waals surface area contributed by atoms with Gasteiger partial charge in [-0.05, 0) is 6.92 Å². The number of esters is 1. The minimum absolute atomic E-state index is 0.0626. The molecule has 12 heavy (non-hydrogen) atoms. The Morgan fingerprint density at radius 2 is 2.17 bits per heavy atom. The Bertz CT molecular complexity index is 169. The van der Waals surface area contributed by atoms with E-state index in [1.165, 1.54) is 6.92 Å². The first kappa shape index (κ1) is 11.4. The number of ketones is 1. The van der Waals surface area contributed by atoms with E-state index >= 15 is 0 Å². The Morgan fingerprint density at radius 3 is 2.58 bits per heavy atom. The first-order valence-corrected chi connectivity index (χ1v) is 3.92. The van der Waals surface area contributed by atoms with Crippen LogP contribution in [-0.4, -0.2) is 35.4 Å². The Labute approximate surface area is 75.5 Å². The Kier molecular flexibility index (Phi) is 5.66. The second-order valence-corrected chi connectivity index (χ2v) is 2.77. The van der Waals surface area contributed by atoms with E-state index in [1.54, 1.807) is 0 Å². The van der Waals surface area contributed by atoms with Gasteiger partial charge >= 0.3 is 5.97 Å². The molecule has 0 rings (SSSR count). The van der Waals surface area contributed by atoms with E-state index in [2.05, 4.69) is 4.74 Å². The van der Waals surface area contributed by atoms with E-state index < -0.39 is 18.0 Å². The van der Waals surface area contributed by atoms with Gasteiger partial charge in [0.15, 0.2) is 0 Å². The van der Waals surface area contributed by atoms with Gasteiger partial charge in [0.05, 0.1) is 12.0 Å². The molecule has 0 saturated heterocycles. The van der Waals surface area contributed by atoms with Gasteiger partial charge in [-0.3, -0.25) is 4.79 Å². The number of Topliss-reactive ketones (excluding diaryl/α,β-unsaturated/α-hetero) is 1. The molecule has 0 bridgehead atoms. The third-order valence-electron chi connectivity index (χ3n) is 1.20. The van der Waals surface area contributed by atoms with E-state index in [0.29, 0.717) is 0 Å². The number of ether oxygens (including phenoxy) is 1. The van der Waals surface area contributed by atoms with Crippen molar-refractivity contribution in [1.29, 1.82) is 0 Å². The van der Waals surface area contributed by atoms with Gasteiger partial charge in [-0.2, -0.15) is 0 Å². The smallest absolute Gasteiger partial charge is 0.331 e. The molecule has 0 aromatic carbocycles. The molecule has 1 atom stereocenters. The first-order chi connectivity index (χ1) is 5.57. The second-order valence-electron chi connectivity index (χ2n) is 2.25. The standard InChI is InChI=1S/C7H11ClO4/c1-5(10)6(8)2-3-12-7(11)4-9/h6,9H,2-4H2,1H3. The molecule has 0 amide bonds. The maximum atomic E-state index is 10.6. The van der Waals surface area contributed by atoms with Crippen LogP contribution in [0.25, 0.3) is 0 Å². The van der Waals surface area contributed by atoms with Crippen molar-refractivity contribution in [2.75, 3.05) is 13.2 Å². The summed E-state index contributed by atoms with van der Waals surface area (Å²) >= 11 is 5.54. The van der Waals surface area contributed by atoms with Gasteiger partial charge in [0.2, 0.25) is 0 Å². The number of hydrogen-bond acceptors (Lipinski definition) is 4. The van der Waals surface area contributed by atoms with Crippen molar-refractivity contribution in [2.45, 2.75) is 18.7 Å². The van der Waals surface area contributed by atoms with Gasteiger partial charge in [-0.15, -0.1) is 11.6 Å². The number of carbonyl (C=O) groups excluding carboxylic acids is 2. The van der Waals surface area contributed by atoms with Crippen LogP contribution in [0.4, 0.5) is 0 Å². The molecule has 5 heteroatoms. The highest BCUT2D eigenvalue weighted by atomic mass is 35.5. The summed E-state index contributed by atoms with van der Waals surface area (Å²) in [5, 5.41) is 7.62. The highest BCUT2D eigenvalue weighted by Gasteiger charge is 2.10. The summed E-state index contributed by atoms with van der Waals surface area (Å²) in [7, 11) is 0. The molecule has 70 valence electrons. The summed E-state index contributed by atoms with van der Waals surface area (Å²) in [4.78, 5) is 20.9. The molecular formula is C7H11ClO4. The fourth-order valence-corrected chi connectivity index (χ4v) is 0.614. The maximum Gasteiger partial charge on any atom is 0.331 e. The lowest BCUT2D eigenvalue weighted by molar-refractivity contribution is -0.147. The van der Waals surface area contributed by atoms with Gasteiger partial charge in [-0.1, -0.05) is 0 Å². The third-order valence-corrected chi connectivity index (χ3v) is 1.73. The summed E-state index contributed by atoms with van der Waals surface area (Å²) in [6, 6.07) is 0. The van der Waals surface area contributed by atoms with Crippen molar-refractivity contribution in [2.24, 2.45) is 0 Å². The zero-order valence-corrected chi connectivity index (χ0v) is 7.50. The highest BCUT2D eigenvalue weighted by Crippen LogP contribution is 2.02. The molecule has 0 fully saturated rings. The number of rotatable bonds is 5. The van der Waals surface area contributed by atoms with Crippen LogP contribution >= 0.6 is 11.6 Å². The predicted octanol–water partition coefficient (Wildman–Crippen LogP) is 0.108. The van der Waals surface area contributed by atoms with E-state index in [-0.39, 0.29) is 18.8 Å². The fraction of sp³-hybridized carbons (Fsp3) is 0.714. The van der Waals surface area contributed by atoms with E-state index in [0.717, 1.165) is 0 Å². The topological polar surface area (TPSA) is 63.6 Å². The highest BCUT2D eigenvalue weighted by molar-refractivity contribution is 6.30. The zero-order valence-electron chi connectivity index (χ0n) is 6.75. The molecule has 0 spiro atoms. The number of aliphatic hydroxyl groups is 1. The molecule has 1 N–H and O–H groups in total. The number of hydrogen-bond donors (Lipinski definition) is 1. The Hall–Kier alpha value is -0.610. The van der Waals surface area contributed by atoms with Gasteiger partial charge in [-0.25, -0.2) is 4.79 Å². The predicted molar refractivity (Wildman–Crippen MR) is 43.0 cm³/mol. The van der Waals surface area contributed by atoms with E-state index in [1.807, 2.05) is 0 Å². The van der Waals surface area contributed by atoms with Crippen LogP contribution in [0.2, 0.25) is 0 Å². The first-order valence-electron chi connectivity index (χ1n) is 3.49. The monoisotopic (exact) mass is 194 g/mol. The molecule has 0 radical (unpaired) electrons. The van der Waals surface area contributed by atoms with Crippen LogP contribution in [-0.2, 0) is 14.3 Å². The lowest BCUT2D eigenvalue weighted by Gasteiger charge is -2.05. The van der Waals surface area contributed by atoms with Crippen molar-refractivity contribution >= 4 is 23.4 Å². The summed E-state index contributed by atoms with van der Waals surface area (Å²) in [6.07, 6.45) is 0.280. The average molecular weight is 195 g/mol. The minimum Gasteiger partial charge on any atom is -0.464 e.